The topological polar surface area (TPSA) is 36.4 Å². The van der Waals surface area contributed by atoms with E-state index in [1.165, 1.54) is 24.2 Å². The van der Waals surface area contributed by atoms with E-state index >= 15 is 0 Å². The molecule has 2 N–H and O–H groups in total. The second kappa shape index (κ2) is 10.7. The molecule has 0 aliphatic rings. The van der Waals surface area contributed by atoms with E-state index in [0.29, 0.717) is 0 Å². The van der Waals surface area contributed by atoms with Crippen molar-refractivity contribution in [1.29, 1.82) is 0 Å². The number of benzene rings is 1. The first-order valence-electron chi connectivity index (χ1n) is 6.84. The molecule has 1 aromatic rings. The van der Waals surface area contributed by atoms with Crippen LogP contribution in [0.5, 0.6) is 0 Å². The summed E-state index contributed by atoms with van der Waals surface area (Å²) in [5, 5.41) is 6.69. The molecule has 19 heavy (non-hydrogen) atoms. The van der Waals surface area contributed by atoms with Gasteiger partial charge >= 0.3 is 0 Å². The largest absolute Gasteiger partial charge is 0.356 e. The monoisotopic (exact) mass is 279 g/mol. The molecule has 3 nitrogen and oxygen atoms in total. The van der Waals surface area contributed by atoms with Crippen molar-refractivity contribution >= 4 is 17.7 Å². The average Bonchev–Trinajstić information content (AvgIpc) is 2.46. The highest BCUT2D eigenvalue weighted by atomic mass is 32.2. The van der Waals surface area contributed by atoms with Gasteiger partial charge < -0.3 is 10.6 Å². The lowest BCUT2D eigenvalue weighted by atomic mass is 10.1. The number of aliphatic imine (C=N–C) groups is 1. The Balaban J connectivity index is 2.12. The van der Waals surface area contributed by atoms with Crippen molar-refractivity contribution < 1.29 is 0 Å². The Morgan fingerprint density at radius 2 is 1.84 bits per heavy atom. The van der Waals surface area contributed by atoms with Crippen LogP contribution in [0.15, 0.2) is 35.3 Å². The fourth-order valence-electron chi connectivity index (χ4n) is 1.77. The van der Waals surface area contributed by atoms with Gasteiger partial charge in [0.05, 0.1) is 0 Å². The number of rotatable bonds is 8. The zero-order chi connectivity index (χ0) is 13.8. The van der Waals surface area contributed by atoms with Gasteiger partial charge in [0.15, 0.2) is 5.96 Å². The summed E-state index contributed by atoms with van der Waals surface area (Å²) in [6.07, 6.45) is 5.63. The maximum absolute atomic E-state index is 4.23. The van der Waals surface area contributed by atoms with Crippen molar-refractivity contribution in [1.82, 2.24) is 10.6 Å². The van der Waals surface area contributed by atoms with Crippen molar-refractivity contribution in [2.24, 2.45) is 4.99 Å². The summed E-state index contributed by atoms with van der Waals surface area (Å²) in [5.74, 6) is 2.14. The van der Waals surface area contributed by atoms with Gasteiger partial charge in [-0.3, -0.25) is 4.99 Å². The molecule has 4 heteroatoms. The second-order valence-electron chi connectivity index (χ2n) is 4.36. The van der Waals surface area contributed by atoms with Gasteiger partial charge in [-0.2, -0.15) is 11.8 Å². The van der Waals surface area contributed by atoms with Crippen LogP contribution >= 0.6 is 11.8 Å². The molecule has 1 aromatic carbocycles. The molecule has 0 fully saturated rings. The van der Waals surface area contributed by atoms with E-state index in [1.54, 1.807) is 0 Å². The van der Waals surface area contributed by atoms with Gasteiger partial charge in [-0.15, -0.1) is 0 Å². The minimum Gasteiger partial charge on any atom is -0.356 e. The van der Waals surface area contributed by atoms with Crippen LogP contribution in [0, 0.1) is 0 Å². The molecular formula is C15H25N3S. The normalized spacial score (nSPS) is 11.4. The molecule has 1 rings (SSSR count). The van der Waals surface area contributed by atoms with Gasteiger partial charge in [-0.1, -0.05) is 30.3 Å². The van der Waals surface area contributed by atoms with Gasteiger partial charge in [0, 0.05) is 20.1 Å². The molecule has 0 atom stereocenters. The Morgan fingerprint density at radius 1 is 1.11 bits per heavy atom. The summed E-state index contributed by atoms with van der Waals surface area (Å²) in [7, 11) is 1.82. The molecule has 0 aliphatic carbocycles. The Hall–Kier alpha value is -1.16. The molecule has 0 aliphatic heterocycles. The van der Waals surface area contributed by atoms with Gasteiger partial charge in [-0.05, 0) is 36.8 Å². The lowest BCUT2D eigenvalue weighted by Gasteiger charge is -2.11. The SMILES string of the molecule is CN=C(NCCCCSC)NCCc1ccccc1. The van der Waals surface area contributed by atoms with Crippen LogP contribution in [0.2, 0.25) is 0 Å². The number of hydrogen-bond acceptors (Lipinski definition) is 2. The molecule has 0 unspecified atom stereocenters. The predicted molar refractivity (Wildman–Crippen MR) is 87.1 cm³/mol. The fraction of sp³-hybridized carbons (Fsp3) is 0.533. The zero-order valence-electron chi connectivity index (χ0n) is 12.0. The highest BCUT2D eigenvalue weighted by Gasteiger charge is 1.97. The first-order chi connectivity index (χ1) is 9.36. The predicted octanol–water partition coefficient (Wildman–Crippen LogP) is 2.54. The van der Waals surface area contributed by atoms with Crippen molar-refractivity contribution in [2.75, 3.05) is 32.1 Å². The van der Waals surface area contributed by atoms with Gasteiger partial charge in [0.1, 0.15) is 0 Å². The van der Waals surface area contributed by atoms with E-state index in [0.717, 1.165) is 25.5 Å². The fourth-order valence-corrected chi connectivity index (χ4v) is 2.26. The standard InChI is InChI=1S/C15H25N3S/c1-16-15(17-11-6-7-13-19-2)18-12-10-14-8-4-3-5-9-14/h3-5,8-9H,6-7,10-13H2,1-2H3,(H2,16,17,18). The van der Waals surface area contributed by atoms with Crippen LogP contribution in [-0.2, 0) is 6.42 Å². The molecule has 0 saturated carbocycles. The van der Waals surface area contributed by atoms with E-state index in [1.807, 2.05) is 24.9 Å². The minimum absolute atomic E-state index is 0.903. The summed E-state index contributed by atoms with van der Waals surface area (Å²) in [6, 6.07) is 10.5. The lowest BCUT2D eigenvalue weighted by Crippen LogP contribution is -2.38. The molecule has 0 amide bonds. The number of hydrogen-bond donors (Lipinski definition) is 2. The van der Waals surface area contributed by atoms with Crippen LogP contribution < -0.4 is 10.6 Å². The van der Waals surface area contributed by atoms with Crippen LogP contribution in [0.25, 0.3) is 0 Å². The van der Waals surface area contributed by atoms with Crippen LogP contribution in [0.4, 0.5) is 0 Å². The van der Waals surface area contributed by atoms with Crippen molar-refractivity contribution in [3.63, 3.8) is 0 Å². The van der Waals surface area contributed by atoms with Crippen LogP contribution in [0.1, 0.15) is 18.4 Å². The number of thioether (sulfide) groups is 1. The molecule has 0 heterocycles. The molecule has 0 radical (unpaired) electrons. The Labute approximate surface area is 121 Å². The molecule has 0 aromatic heterocycles. The van der Waals surface area contributed by atoms with E-state index in [4.69, 9.17) is 0 Å². The second-order valence-corrected chi connectivity index (χ2v) is 5.35. The average molecular weight is 279 g/mol. The van der Waals surface area contributed by atoms with Crippen LogP contribution in [0.3, 0.4) is 0 Å². The van der Waals surface area contributed by atoms with E-state index in [2.05, 4.69) is 46.1 Å². The number of nitrogens with one attached hydrogen (secondary N) is 2. The number of guanidine groups is 1. The first-order valence-corrected chi connectivity index (χ1v) is 8.23. The van der Waals surface area contributed by atoms with Gasteiger partial charge in [-0.25, -0.2) is 0 Å². The van der Waals surface area contributed by atoms with Crippen LogP contribution in [-0.4, -0.2) is 38.1 Å². The Morgan fingerprint density at radius 3 is 2.53 bits per heavy atom. The van der Waals surface area contributed by atoms with Crippen molar-refractivity contribution in [3.8, 4) is 0 Å². The zero-order valence-corrected chi connectivity index (χ0v) is 12.8. The van der Waals surface area contributed by atoms with E-state index in [9.17, 15) is 0 Å². The summed E-state index contributed by atoms with van der Waals surface area (Å²) in [5.41, 5.74) is 1.35. The Bertz CT molecular complexity index is 352. The Kier molecular flexibility index (Phi) is 8.98. The van der Waals surface area contributed by atoms with Crippen molar-refractivity contribution in [3.05, 3.63) is 35.9 Å². The third kappa shape index (κ3) is 7.78. The molecule has 0 saturated heterocycles. The van der Waals surface area contributed by atoms with Crippen molar-refractivity contribution in [2.45, 2.75) is 19.3 Å². The lowest BCUT2D eigenvalue weighted by molar-refractivity contribution is 0.730. The molecule has 0 bridgehead atoms. The highest BCUT2D eigenvalue weighted by molar-refractivity contribution is 7.98. The third-order valence-corrected chi connectivity index (χ3v) is 3.54. The first kappa shape index (κ1) is 15.9. The molecular weight excluding hydrogens is 254 g/mol. The van der Waals surface area contributed by atoms with Gasteiger partial charge in [0.2, 0.25) is 0 Å². The quantitative estimate of drug-likeness (QED) is 0.436. The van der Waals surface area contributed by atoms with E-state index in [-0.39, 0.29) is 0 Å². The number of unbranched alkanes of at least 4 members (excludes halogenated alkanes) is 1. The van der Waals surface area contributed by atoms with Gasteiger partial charge in [0.25, 0.3) is 0 Å². The molecule has 0 spiro atoms. The summed E-state index contributed by atoms with van der Waals surface area (Å²) < 4.78 is 0. The van der Waals surface area contributed by atoms with E-state index < -0.39 is 0 Å². The third-order valence-electron chi connectivity index (χ3n) is 2.84. The minimum atomic E-state index is 0.903. The summed E-state index contributed by atoms with van der Waals surface area (Å²) >= 11 is 1.90. The number of nitrogens with zero attached hydrogens (tertiary/aromatic N) is 1. The highest BCUT2D eigenvalue weighted by Crippen LogP contribution is 1.98. The maximum atomic E-state index is 4.23. The molecule has 106 valence electrons. The summed E-state index contributed by atoms with van der Waals surface area (Å²) in [4.78, 5) is 4.23. The maximum Gasteiger partial charge on any atom is 0.190 e. The summed E-state index contributed by atoms with van der Waals surface area (Å²) in [6.45, 7) is 1.90. The smallest absolute Gasteiger partial charge is 0.190 e.